The van der Waals surface area contributed by atoms with E-state index in [1.165, 1.54) is 6.08 Å². The van der Waals surface area contributed by atoms with Crippen molar-refractivity contribution >= 4 is 29.5 Å². The highest BCUT2D eigenvalue weighted by Gasteiger charge is 2.04. The molecule has 0 fully saturated rings. The number of nitrogens with zero attached hydrogens (tertiary/aromatic N) is 1. The molecule has 0 heterocycles. The molecular weight excluding hydrogens is 234 g/mol. The van der Waals surface area contributed by atoms with Gasteiger partial charge in [-0.3, -0.25) is 0 Å². The third-order valence-corrected chi connectivity index (χ3v) is 2.98. The fraction of sp³-hybridized carbons (Fsp3) is 0.308. The van der Waals surface area contributed by atoms with E-state index < -0.39 is 5.97 Å². The van der Waals surface area contributed by atoms with Crippen molar-refractivity contribution in [2.75, 3.05) is 30.5 Å². The molecule has 17 heavy (non-hydrogen) atoms. The van der Waals surface area contributed by atoms with Gasteiger partial charge in [0, 0.05) is 31.1 Å². The lowest BCUT2D eigenvalue weighted by Crippen LogP contribution is -2.20. The number of hydrogen-bond acceptors (Lipinski definition) is 3. The molecule has 0 aliphatic heterocycles. The van der Waals surface area contributed by atoms with Gasteiger partial charge in [-0.1, -0.05) is 18.2 Å². The van der Waals surface area contributed by atoms with E-state index >= 15 is 0 Å². The van der Waals surface area contributed by atoms with Gasteiger partial charge in [-0.25, -0.2) is 4.79 Å². The van der Waals surface area contributed by atoms with Crippen LogP contribution in [0.5, 0.6) is 0 Å². The van der Waals surface area contributed by atoms with Crippen molar-refractivity contribution < 1.29 is 9.90 Å². The SMILES string of the molecule is CSCCN(C)c1ccccc1/C=C/C(=O)O. The van der Waals surface area contributed by atoms with Crippen molar-refractivity contribution in [3.8, 4) is 0 Å². The molecular formula is C13H17NO2S. The molecule has 0 aliphatic carbocycles. The van der Waals surface area contributed by atoms with Gasteiger partial charge in [-0.15, -0.1) is 0 Å². The van der Waals surface area contributed by atoms with Gasteiger partial charge >= 0.3 is 5.97 Å². The molecule has 1 aromatic carbocycles. The van der Waals surface area contributed by atoms with Crippen molar-refractivity contribution in [1.29, 1.82) is 0 Å². The summed E-state index contributed by atoms with van der Waals surface area (Å²) in [5.41, 5.74) is 1.98. The summed E-state index contributed by atoms with van der Waals surface area (Å²) in [5.74, 6) is 0.125. The first-order valence-electron chi connectivity index (χ1n) is 5.35. The molecule has 0 unspecified atom stereocenters. The maximum Gasteiger partial charge on any atom is 0.328 e. The molecule has 0 saturated heterocycles. The van der Waals surface area contributed by atoms with Gasteiger partial charge < -0.3 is 10.0 Å². The molecule has 1 rings (SSSR count). The van der Waals surface area contributed by atoms with Gasteiger partial charge in [0.2, 0.25) is 0 Å². The Kier molecular flexibility index (Phi) is 5.63. The maximum atomic E-state index is 10.5. The lowest BCUT2D eigenvalue weighted by atomic mass is 10.1. The zero-order valence-electron chi connectivity index (χ0n) is 10.1. The van der Waals surface area contributed by atoms with Gasteiger partial charge in [-0.2, -0.15) is 11.8 Å². The molecule has 0 saturated carbocycles. The van der Waals surface area contributed by atoms with Gasteiger partial charge in [0.1, 0.15) is 0 Å². The number of aliphatic carboxylic acids is 1. The van der Waals surface area contributed by atoms with E-state index in [-0.39, 0.29) is 0 Å². The smallest absolute Gasteiger partial charge is 0.328 e. The van der Waals surface area contributed by atoms with Crippen LogP contribution in [0.2, 0.25) is 0 Å². The Bertz CT molecular complexity index is 404. The fourth-order valence-electron chi connectivity index (χ4n) is 1.49. The zero-order chi connectivity index (χ0) is 12.7. The van der Waals surface area contributed by atoms with E-state index in [0.29, 0.717) is 0 Å². The third kappa shape index (κ3) is 4.53. The monoisotopic (exact) mass is 251 g/mol. The molecule has 0 aromatic heterocycles. The van der Waals surface area contributed by atoms with Crippen LogP contribution >= 0.6 is 11.8 Å². The van der Waals surface area contributed by atoms with Crippen LogP contribution in [0.3, 0.4) is 0 Å². The summed E-state index contributed by atoms with van der Waals surface area (Å²) in [6.07, 6.45) is 4.87. The Morgan fingerprint density at radius 2 is 2.18 bits per heavy atom. The van der Waals surface area contributed by atoms with Crippen molar-refractivity contribution in [3.63, 3.8) is 0 Å². The Morgan fingerprint density at radius 3 is 2.82 bits per heavy atom. The standard InChI is InChI=1S/C13H17NO2S/c1-14(9-10-17-2)12-6-4-3-5-11(12)7-8-13(15)16/h3-8H,9-10H2,1-2H3,(H,15,16)/b8-7+. The Balaban J connectivity index is 2.87. The number of rotatable bonds is 6. The molecule has 0 aliphatic rings. The van der Waals surface area contributed by atoms with E-state index in [9.17, 15) is 4.79 Å². The van der Waals surface area contributed by atoms with Crippen molar-refractivity contribution in [1.82, 2.24) is 0 Å². The average molecular weight is 251 g/mol. The highest BCUT2D eigenvalue weighted by Crippen LogP contribution is 2.20. The van der Waals surface area contributed by atoms with Crippen LogP contribution < -0.4 is 4.90 Å². The normalized spacial score (nSPS) is 10.7. The van der Waals surface area contributed by atoms with Crippen molar-refractivity contribution in [2.24, 2.45) is 0 Å². The summed E-state index contributed by atoms with van der Waals surface area (Å²) < 4.78 is 0. The Morgan fingerprint density at radius 1 is 1.47 bits per heavy atom. The number of thioether (sulfide) groups is 1. The van der Waals surface area contributed by atoms with Gasteiger partial charge in [0.15, 0.2) is 0 Å². The van der Waals surface area contributed by atoms with E-state index in [4.69, 9.17) is 5.11 Å². The molecule has 0 radical (unpaired) electrons. The Labute approximate surface area is 106 Å². The summed E-state index contributed by atoms with van der Waals surface area (Å²) in [7, 11) is 2.02. The first-order chi connectivity index (χ1) is 8.15. The number of carboxylic acid groups (broad SMARTS) is 1. The number of carboxylic acids is 1. The van der Waals surface area contributed by atoms with Gasteiger partial charge in [0.25, 0.3) is 0 Å². The minimum absolute atomic E-state index is 0.924. The second-order valence-corrected chi connectivity index (χ2v) is 4.63. The van der Waals surface area contributed by atoms with Crippen LogP contribution in [-0.4, -0.2) is 36.7 Å². The first-order valence-corrected chi connectivity index (χ1v) is 6.74. The summed E-state index contributed by atoms with van der Waals surface area (Å²) in [6.45, 7) is 0.944. The molecule has 3 nitrogen and oxygen atoms in total. The third-order valence-electron chi connectivity index (χ3n) is 2.38. The summed E-state index contributed by atoms with van der Waals surface area (Å²) in [5, 5.41) is 8.64. The Hall–Kier alpha value is -1.42. The first kappa shape index (κ1) is 13.6. The number of benzene rings is 1. The average Bonchev–Trinajstić information content (AvgIpc) is 2.33. The maximum absolute atomic E-state index is 10.5. The van der Waals surface area contributed by atoms with Crippen molar-refractivity contribution in [2.45, 2.75) is 0 Å². The summed E-state index contributed by atoms with van der Waals surface area (Å²) in [4.78, 5) is 12.7. The van der Waals surface area contributed by atoms with E-state index in [1.807, 2.05) is 31.3 Å². The predicted molar refractivity (Wildman–Crippen MR) is 74.8 cm³/mol. The molecule has 0 atom stereocenters. The highest BCUT2D eigenvalue weighted by molar-refractivity contribution is 7.98. The van der Waals surface area contributed by atoms with Crippen LogP contribution in [0.4, 0.5) is 5.69 Å². The fourth-order valence-corrected chi connectivity index (χ4v) is 1.94. The largest absolute Gasteiger partial charge is 0.478 e. The van der Waals surface area contributed by atoms with Crippen molar-refractivity contribution in [3.05, 3.63) is 35.9 Å². The van der Waals surface area contributed by atoms with Gasteiger partial charge in [0.05, 0.1) is 0 Å². The lowest BCUT2D eigenvalue weighted by Gasteiger charge is -2.20. The molecule has 0 bridgehead atoms. The predicted octanol–water partition coefficient (Wildman–Crippen LogP) is 2.58. The lowest BCUT2D eigenvalue weighted by molar-refractivity contribution is -0.131. The zero-order valence-corrected chi connectivity index (χ0v) is 10.9. The van der Waals surface area contributed by atoms with Crippen LogP contribution in [0, 0.1) is 0 Å². The molecule has 4 heteroatoms. The minimum atomic E-state index is -0.924. The van der Waals surface area contributed by atoms with E-state index in [0.717, 1.165) is 23.5 Å². The summed E-state index contributed by atoms with van der Waals surface area (Å²) >= 11 is 1.79. The number of anilines is 1. The molecule has 0 amide bonds. The topological polar surface area (TPSA) is 40.5 Å². The summed E-state index contributed by atoms with van der Waals surface area (Å²) in [6, 6.07) is 7.79. The molecule has 1 aromatic rings. The number of para-hydroxylation sites is 1. The molecule has 92 valence electrons. The van der Waals surface area contributed by atoms with Gasteiger partial charge in [-0.05, 0) is 24.0 Å². The van der Waals surface area contributed by atoms with Crippen LogP contribution in [-0.2, 0) is 4.79 Å². The molecule has 0 spiro atoms. The second-order valence-electron chi connectivity index (χ2n) is 3.64. The minimum Gasteiger partial charge on any atom is -0.478 e. The quantitative estimate of drug-likeness (QED) is 0.789. The number of carbonyl (C=O) groups is 1. The van der Waals surface area contributed by atoms with E-state index in [2.05, 4.69) is 11.2 Å². The molecule has 1 N–H and O–H groups in total. The number of hydrogen-bond donors (Lipinski definition) is 1. The van der Waals surface area contributed by atoms with Crippen LogP contribution in [0.1, 0.15) is 5.56 Å². The van der Waals surface area contributed by atoms with E-state index in [1.54, 1.807) is 17.8 Å². The highest BCUT2D eigenvalue weighted by atomic mass is 32.2. The second kappa shape index (κ2) is 7.01. The van der Waals surface area contributed by atoms with Crippen LogP contribution in [0.25, 0.3) is 6.08 Å². The van der Waals surface area contributed by atoms with Crippen LogP contribution in [0.15, 0.2) is 30.3 Å².